The van der Waals surface area contributed by atoms with Gasteiger partial charge in [0.2, 0.25) is 0 Å². The van der Waals surface area contributed by atoms with Gasteiger partial charge < -0.3 is 10.1 Å². The zero-order chi connectivity index (χ0) is 14.4. The number of halogens is 2. The molecule has 0 aliphatic rings. The number of hydrogen-bond acceptors (Lipinski definition) is 3. The second-order valence-electron chi connectivity index (χ2n) is 4.30. The first-order valence-electron chi connectivity index (χ1n) is 6.49. The van der Waals surface area contributed by atoms with E-state index in [-0.39, 0.29) is 5.88 Å². The predicted octanol–water partition coefficient (Wildman–Crippen LogP) is 4.17. The molecular weight excluding hydrogens is 279 g/mol. The third-order valence-corrected chi connectivity index (χ3v) is 3.03. The van der Waals surface area contributed by atoms with Crippen molar-refractivity contribution in [3.05, 3.63) is 52.9 Å². The van der Waals surface area contributed by atoms with Crippen molar-refractivity contribution in [2.24, 2.45) is 0 Å². The number of ether oxygens (including phenoxy) is 1. The van der Waals surface area contributed by atoms with E-state index < -0.39 is 5.82 Å². The Morgan fingerprint density at radius 2 is 2.10 bits per heavy atom. The molecule has 20 heavy (non-hydrogen) atoms. The molecule has 5 heteroatoms. The molecule has 0 amide bonds. The number of rotatable bonds is 6. The number of aromatic nitrogens is 1. The summed E-state index contributed by atoms with van der Waals surface area (Å²) in [7, 11) is 0. The summed E-state index contributed by atoms with van der Waals surface area (Å²) in [4.78, 5) is 3.92. The van der Waals surface area contributed by atoms with Gasteiger partial charge in [-0.05, 0) is 31.2 Å². The number of nitrogens with one attached hydrogen (secondary N) is 1. The van der Waals surface area contributed by atoms with Crippen molar-refractivity contribution < 1.29 is 9.13 Å². The Bertz CT molecular complexity index is 578. The SMILES string of the molecule is CCCNCc1ccnc(Oc2ccccc2Cl)c1F. The number of para-hydroxylation sites is 1. The van der Waals surface area contributed by atoms with Crippen LogP contribution in [0.4, 0.5) is 4.39 Å². The molecule has 2 aromatic rings. The van der Waals surface area contributed by atoms with Gasteiger partial charge >= 0.3 is 0 Å². The molecule has 0 saturated heterocycles. The average Bonchev–Trinajstić information content (AvgIpc) is 2.45. The van der Waals surface area contributed by atoms with Crippen LogP contribution < -0.4 is 10.1 Å². The van der Waals surface area contributed by atoms with E-state index in [2.05, 4.69) is 17.2 Å². The van der Waals surface area contributed by atoms with Gasteiger partial charge in [-0.15, -0.1) is 0 Å². The molecule has 106 valence electrons. The molecule has 0 aliphatic carbocycles. The fraction of sp³-hybridized carbons (Fsp3) is 0.267. The molecule has 0 fully saturated rings. The highest BCUT2D eigenvalue weighted by Crippen LogP contribution is 2.29. The van der Waals surface area contributed by atoms with Crippen molar-refractivity contribution in [2.75, 3.05) is 6.54 Å². The highest BCUT2D eigenvalue weighted by molar-refractivity contribution is 6.32. The lowest BCUT2D eigenvalue weighted by Crippen LogP contribution is -2.15. The summed E-state index contributed by atoms with van der Waals surface area (Å²) in [5, 5.41) is 3.56. The smallest absolute Gasteiger partial charge is 0.256 e. The topological polar surface area (TPSA) is 34.2 Å². The van der Waals surface area contributed by atoms with Gasteiger partial charge in [0, 0.05) is 18.3 Å². The first-order valence-corrected chi connectivity index (χ1v) is 6.86. The van der Waals surface area contributed by atoms with E-state index in [1.165, 1.54) is 6.20 Å². The zero-order valence-corrected chi connectivity index (χ0v) is 12.0. The summed E-state index contributed by atoms with van der Waals surface area (Å²) in [6.45, 7) is 3.34. The number of hydrogen-bond donors (Lipinski definition) is 1. The predicted molar refractivity (Wildman–Crippen MR) is 77.7 cm³/mol. The molecule has 0 saturated carbocycles. The van der Waals surface area contributed by atoms with E-state index >= 15 is 0 Å². The monoisotopic (exact) mass is 294 g/mol. The largest absolute Gasteiger partial charge is 0.435 e. The second kappa shape index (κ2) is 7.22. The van der Waals surface area contributed by atoms with E-state index in [0.29, 0.717) is 22.9 Å². The molecule has 2 rings (SSSR count). The lowest BCUT2D eigenvalue weighted by atomic mass is 10.2. The molecule has 0 radical (unpaired) electrons. The molecule has 0 spiro atoms. The van der Waals surface area contributed by atoms with Crippen LogP contribution in [0.1, 0.15) is 18.9 Å². The standard InChI is InChI=1S/C15H16ClFN2O/c1-2-8-18-10-11-7-9-19-15(14(11)17)20-13-6-4-3-5-12(13)16/h3-7,9,18H,2,8,10H2,1H3. The summed E-state index contributed by atoms with van der Waals surface area (Å²) in [6, 6.07) is 8.54. The van der Waals surface area contributed by atoms with Gasteiger partial charge in [-0.1, -0.05) is 30.7 Å². The van der Waals surface area contributed by atoms with Gasteiger partial charge in [0.1, 0.15) is 5.75 Å². The number of pyridine rings is 1. The van der Waals surface area contributed by atoms with Crippen LogP contribution >= 0.6 is 11.6 Å². The first-order chi connectivity index (χ1) is 9.72. The first kappa shape index (κ1) is 14.8. The molecule has 1 N–H and O–H groups in total. The molecule has 0 atom stereocenters. The summed E-state index contributed by atoms with van der Waals surface area (Å²) < 4.78 is 19.7. The number of benzene rings is 1. The Hall–Kier alpha value is -1.65. The van der Waals surface area contributed by atoms with Gasteiger partial charge in [0.05, 0.1) is 5.02 Å². The Kier molecular flexibility index (Phi) is 5.32. The van der Waals surface area contributed by atoms with E-state index in [9.17, 15) is 4.39 Å². The van der Waals surface area contributed by atoms with Gasteiger partial charge in [0.25, 0.3) is 5.88 Å². The Morgan fingerprint density at radius 1 is 1.30 bits per heavy atom. The lowest BCUT2D eigenvalue weighted by Gasteiger charge is -2.10. The minimum atomic E-state index is -0.462. The molecule has 0 unspecified atom stereocenters. The van der Waals surface area contributed by atoms with Crippen LogP contribution in [0.2, 0.25) is 5.02 Å². The van der Waals surface area contributed by atoms with Crippen LogP contribution in [0.5, 0.6) is 11.6 Å². The Labute approximate surface area is 122 Å². The maximum Gasteiger partial charge on any atom is 0.256 e. The van der Waals surface area contributed by atoms with Crippen molar-refractivity contribution in [3.8, 4) is 11.6 Å². The second-order valence-corrected chi connectivity index (χ2v) is 4.71. The van der Waals surface area contributed by atoms with Crippen LogP contribution in [0.3, 0.4) is 0 Å². The fourth-order valence-electron chi connectivity index (χ4n) is 1.70. The lowest BCUT2D eigenvalue weighted by molar-refractivity contribution is 0.417. The summed E-state index contributed by atoms with van der Waals surface area (Å²) in [5.74, 6) is -0.135. The maximum atomic E-state index is 14.2. The van der Waals surface area contributed by atoms with Crippen molar-refractivity contribution >= 4 is 11.6 Å². The average molecular weight is 295 g/mol. The van der Waals surface area contributed by atoms with E-state index in [0.717, 1.165) is 13.0 Å². The minimum Gasteiger partial charge on any atom is -0.435 e. The summed E-state index contributed by atoms with van der Waals surface area (Å²) in [5.41, 5.74) is 0.524. The molecule has 0 aliphatic heterocycles. The maximum absolute atomic E-state index is 14.2. The van der Waals surface area contributed by atoms with Crippen LogP contribution in [-0.4, -0.2) is 11.5 Å². The molecule has 0 bridgehead atoms. The van der Waals surface area contributed by atoms with Crippen molar-refractivity contribution in [1.82, 2.24) is 10.3 Å². The van der Waals surface area contributed by atoms with Crippen molar-refractivity contribution in [1.29, 1.82) is 0 Å². The minimum absolute atomic E-state index is 0.0612. The third kappa shape index (κ3) is 3.68. The van der Waals surface area contributed by atoms with Crippen LogP contribution in [0, 0.1) is 5.82 Å². The molecule has 1 aromatic heterocycles. The van der Waals surface area contributed by atoms with Gasteiger partial charge in [-0.3, -0.25) is 0 Å². The van der Waals surface area contributed by atoms with Crippen molar-refractivity contribution in [2.45, 2.75) is 19.9 Å². The zero-order valence-electron chi connectivity index (χ0n) is 11.2. The summed E-state index contributed by atoms with van der Waals surface area (Å²) >= 11 is 5.98. The van der Waals surface area contributed by atoms with Crippen LogP contribution in [-0.2, 0) is 6.54 Å². The number of nitrogens with zero attached hydrogens (tertiary/aromatic N) is 1. The van der Waals surface area contributed by atoms with Crippen molar-refractivity contribution in [3.63, 3.8) is 0 Å². The molecule has 1 heterocycles. The summed E-state index contributed by atoms with van der Waals surface area (Å²) in [6.07, 6.45) is 2.52. The van der Waals surface area contributed by atoms with E-state index in [1.807, 2.05) is 0 Å². The van der Waals surface area contributed by atoms with Crippen LogP contribution in [0.25, 0.3) is 0 Å². The van der Waals surface area contributed by atoms with E-state index in [1.54, 1.807) is 30.3 Å². The molecular formula is C15H16ClFN2O. The van der Waals surface area contributed by atoms with Gasteiger partial charge in [-0.2, -0.15) is 0 Å². The highest BCUT2D eigenvalue weighted by Gasteiger charge is 2.12. The van der Waals surface area contributed by atoms with Crippen LogP contribution in [0.15, 0.2) is 36.5 Å². The Balaban J connectivity index is 2.16. The fourth-order valence-corrected chi connectivity index (χ4v) is 1.88. The van der Waals surface area contributed by atoms with E-state index in [4.69, 9.17) is 16.3 Å². The van der Waals surface area contributed by atoms with Gasteiger partial charge in [-0.25, -0.2) is 9.37 Å². The highest BCUT2D eigenvalue weighted by atomic mass is 35.5. The van der Waals surface area contributed by atoms with Gasteiger partial charge in [0.15, 0.2) is 5.82 Å². The third-order valence-electron chi connectivity index (χ3n) is 2.72. The molecule has 1 aromatic carbocycles. The Morgan fingerprint density at radius 3 is 2.85 bits per heavy atom. The molecule has 3 nitrogen and oxygen atoms in total. The normalized spacial score (nSPS) is 10.6. The quantitative estimate of drug-likeness (QED) is 0.812.